The van der Waals surface area contributed by atoms with Crippen molar-refractivity contribution in [2.45, 2.75) is 6.23 Å². The molecule has 0 aliphatic carbocycles. The van der Waals surface area contributed by atoms with Gasteiger partial charge in [0.2, 0.25) is 0 Å². The number of esters is 1. The van der Waals surface area contributed by atoms with Crippen LogP contribution in [0, 0.1) is 0 Å². The van der Waals surface area contributed by atoms with E-state index in [4.69, 9.17) is 4.74 Å². The third-order valence-corrected chi connectivity index (χ3v) is 2.50. The summed E-state index contributed by atoms with van der Waals surface area (Å²) in [6.45, 7) is 0. The molecule has 16 heavy (non-hydrogen) atoms. The molecule has 1 unspecified atom stereocenters. The summed E-state index contributed by atoms with van der Waals surface area (Å²) in [5.41, 5.74) is 0.844. The van der Waals surface area contributed by atoms with Crippen molar-refractivity contribution < 1.29 is 14.3 Å². The summed E-state index contributed by atoms with van der Waals surface area (Å²) in [6, 6.07) is 3.60. The molecule has 2 aliphatic heterocycles. The first-order chi connectivity index (χ1) is 7.79. The van der Waals surface area contributed by atoms with Crippen LogP contribution in [-0.4, -0.2) is 25.5 Å². The van der Waals surface area contributed by atoms with Crippen molar-refractivity contribution in [2.24, 2.45) is 9.98 Å². The van der Waals surface area contributed by atoms with Crippen molar-refractivity contribution in [2.75, 3.05) is 7.11 Å². The van der Waals surface area contributed by atoms with E-state index in [1.165, 1.54) is 7.11 Å². The molecule has 80 valence electrons. The minimum absolute atomic E-state index is 0.496. The van der Waals surface area contributed by atoms with Crippen LogP contribution in [0.15, 0.2) is 22.1 Å². The first-order valence-electron chi connectivity index (χ1n) is 4.79. The molecule has 0 radical (unpaired) electrons. The zero-order chi connectivity index (χ0) is 11.1. The van der Waals surface area contributed by atoms with Crippen LogP contribution in [0.25, 0.3) is 6.08 Å². The number of nitrogens with zero attached hydrogens (tertiary/aromatic N) is 2. The monoisotopic (exact) mass is 216 g/mol. The van der Waals surface area contributed by atoms with Gasteiger partial charge in [-0.05, 0) is 18.2 Å². The Labute approximate surface area is 90.7 Å². The van der Waals surface area contributed by atoms with Crippen LogP contribution < -0.4 is 15.3 Å². The maximum atomic E-state index is 11.3. The summed E-state index contributed by atoms with van der Waals surface area (Å²) < 4.78 is 9.95. The molecule has 1 aromatic rings. The topological polar surface area (TPSA) is 60.2 Å². The number of ether oxygens (including phenoxy) is 2. The quantitative estimate of drug-likeness (QED) is 0.605. The van der Waals surface area contributed by atoms with Crippen molar-refractivity contribution in [3.8, 4) is 5.75 Å². The van der Waals surface area contributed by atoms with Gasteiger partial charge in [0.15, 0.2) is 0 Å². The van der Waals surface area contributed by atoms with E-state index in [0.717, 1.165) is 10.9 Å². The van der Waals surface area contributed by atoms with Crippen molar-refractivity contribution >= 4 is 23.9 Å². The number of carbonyl (C=O) groups is 1. The molecule has 1 atom stereocenters. The first kappa shape index (κ1) is 9.08. The van der Waals surface area contributed by atoms with Crippen molar-refractivity contribution in [3.63, 3.8) is 0 Å². The van der Waals surface area contributed by atoms with Gasteiger partial charge in [-0.2, -0.15) is 0 Å². The molecule has 1 aromatic carbocycles. The van der Waals surface area contributed by atoms with Crippen LogP contribution in [0.2, 0.25) is 0 Å². The predicted molar refractivity (Wildman–Crippen MR) is 56.3 cm³/mol. The van der Waals surface area contributed by atoms with E-state index in [1.807, 2.05) is 12.1 Å². The largest absolute Gasteiger partial charge is 0.465 e. The van der Waals surface area contributed by atoms with E-state index < -0.39 is 12.2 Å². The SMILES string of the molecule is COC(=O)C1N=c2c(ccc3c2=CC=N3)O1. The van der Waals surface area contributed by atoms with Crippen LogP contribution in [0.5, 0.6) is 5.75 Å². The Morgan fingerprint density at radius 3 is 3.19 bits per heavy atom. The lowest BCUT2D eigenvalue weighted by atomic mass is 10.2. The van der Waals surface area contributed by atoms with Crippen LogP contribution >= 0.6 is 0 Å². The molecular formula is C11H8N2O3. The second-order valence-corrected chi connectivity index (χ2v) is 3.41. The molecule has 0 saturated heterocycles. The van der Waals surface area contributed by atoms with E-state index in [2.05, 4.69) is 14.7 Å². The number of hydrogen-bond donors (Lipinski definition) is 0. The number of hydrogen-bond acceptors (Lipinski definition) is 5. The van der Waals surface area contributed by atoms with Crippen LogP contribution in [-0.2, 0) is 9.53 Å². The molecule has 0 bridgehead atoms. The fourth-order valence-corrected chi connectivity index (χ4v) is 1.74. The van der Waals surface area contributed by atoms with Crippen LogP contribution in [0.3, 0.4) is 0 Å². The van der Waals surface area contributed by atoms with Crippen molar-refractivity contribution in [3.05, 3.63) is 22.7 Å². The molecule has 0 aromatic heterocycles. The minimum Gasteiger partial charge on any atom is -0.465 e. The highest BCUT2D eigenvalue weighted by Gasteiger charge is 2.26. The van der Waals surface area contributed by atoms with Gasteiger partial charge in [0.05, 0.1) is 12.8 Å². The van der Waals surface area contributed by atoms with Gasteiger partial charge < -0.3 is 9.47 Å². The van der Waals surface area contributed by atoms with Gasteiger partial charge >= 0.3 is 5.97 Å². The standard InChI is InChI=1S/C11H8N2O3/c1-15-11(14)10-13-9-6-4-5-12-7(6)2-3-8(9)16-10/h2-5,10H,1H3. The Hall–Kier alpha value is -2.17. The summed E-state index contributed by atoms with van der Waals surface area (Å²) in [5.74, 6) is 0.0970. The summed E-state index contributed by atoms with van der Waals surface area (Å²) in [5, 5.41) is 1.56. The number of benzene rings is 1. The maximum absolute atomic E-state index is 11.3. The fraction of sp³-hybridized carbons (Fsp3) is 0.182. The molecule has 0 N–H and O–H groups in total. The van der Waals surface area contributed by atoms with Crippen molar-refractivity contribution in [1.82, 2.24) is 0 Å². The molecule has 0 fully saturated rings. The van der Waals surface area contributed by atoms with Gasteiger partial charge in [-0.25, -0.2) is 9.79 Å². The Morgan fingerprint density at radius 2 is 2.38 bits per heavy atom. The third-order valence-electron chi connectivity index (χ3n) is 2.50. The Morgan fingerprint density at radius 1 is 1.50 bits per heavy atom. The van der Waals surface area contributed by atoms with Crippen molar-refractivity contribution in [1.29, 1.82) is 0 Å². The molecule has 0 saturated carbocycles. The van der Waals surface area contributed by atoms with Gasteiger partial charge in [0.1, 0.15) is 11.1 Å². The number of carbonyl (C=O) groups excluding carboxylic acids is 1. The average Bonchev–Trinajstić information content (AvgIpc) is 2.92. The number of fused-ring (bicyclic) bond motifs is 3. The summed E-state index contributed by atoms with van der Waals surface area (Å²) in [7, 11) is 1.31. The number of rotatable bonds is 1. The molecule has 5 heteroatoms. The summed E-state index contributed by atoms with van der Waals surface area (Å²) in [6.07, 6.45) is 2.66. The molecule has 0 spiro atoms. The lowest BCUT2D eigenvalue weighted by Gasteiger charge is -2.05. The lowest BCUT2D eigenvalue weighted by Crippen LogP contribution is -2.24. The number of methoxy groups -OCH3 is 1. The van der Waals surface area contributed by atoms with Crippen LogP contribution in [0.1, 0.15) is 0 Å². The van der Waals surface area contributed by atoms with E-state index in [-0.39, 0.29) is 0 Å². The van der Waals surface area contributed by atoms with Gasteiger partial charge in [0.25, 0.3) is 6.23 Å². The summed E-state index contributed by atoms with van der Waals surface area (Å²) >= 11 is 0. The van der Waals surface area contributed by atoms with E-state index in [1.54, 1.807) is 12.3 Å². The van der Waals surface area contributed by atoms with Gasteiger partial charge in [-0.15, -0.1) is 0 Å². The van der Waals surface area contributed by atoms with Crippen LogP contribution in [0.4, 0.5) is 5.69 Å². The molecule has 5 nitrogen and oxygen atoms in total. The Bertz CT molecular complexity index is 619. The van der Waals surface area contributed by atoms with Gasteiger partial charge in [-0.3, -0.25) is 4.99 Å². The fourth-order valence-electron chi connectivity index (χ4n) is 1.74. The number of aliphatic imine (C=N–C) groups is 1. The highest BCUT2D eigenvalue weighted by atomic mass is 16.6. The maximum Gasteiger partial charge on any atom is 0.370 e. The highest BCUT2D eigenvalue weighted by molar-refractivity contribution is 5.97. The highest BCUT2D eigenvalue weighted by Crippen LogP contribution is 2.16. The molecular weight excluding hydrogens is 208 g/mol. The second kappa shape index (κ2) is 3.16. The Kier molecular flexibility index (Phi) is 1.80. The third kappa shape index (κ3) is 1.14. The zero-order valence-electron chi connectivity index (χ0n) is 8.51. The van der Waals surface area contributed by atoms with Gasteiger partial charge in [0, 0.05) is 11.4 Å². The molecule has 2 heterocycles. The van der Waals surface area contributed by atoms with E-state index in [9.17, 15) is 4.79 Å². The predicted octanol–water partition coefficient (Wildman–Crippen LogP) is -0.306. The second-order valence-electron chi connectivity index (χ2n) is 3.41. The molecule has 2 aliphatic rings. The smallest absolute Gasteiger partial charge is 0.370 e. The van der Waals surface area contributed by atoms with E-state index >= 15 is 0 Å². The first-order valence-corrected chi connectivity index (χ1v) is 4.79. The normalized spacial score (nSPS) is 19.2. The molecule has 3 rings (SSSR count). The van der Waals surface area contributed by atoms with Gasteiger partial charge in [-0.1, -0.05) is 0 Å². The average molecular weight is 216 g/mol. The minimum atomic E-state index is -0.888. The van der Waals surface area contributed by atoms with E-state index in [0.29, 0.717) is 11.1 Å². The lowest BCUT2D eigenvalue weighted by molar-refractivity contribution is -0.147. The molecule has 0 amide bonds. The Balaban J connectivity index is 2.16. The zero-order valence-corrected chi connectivity index (χ0v) is 8.51. The summed E-state index contributed by atoms with van der Waals surface area (Å²) in [4.78, 5) is 19.6.